The molecule has 16 heteroatoms. The fourth-order valence-corrected chi connectivity index (χ4v) is 8.39. The Morgan fingerprint density at radius 3 is 2.48 bits per heavy atom. The number of fused-ring (bicyclic) bond motifs is 1. The summed E-state index contributed by atoms with van der Waals surface area (Å²) in [6.45, 7) is 2.97. The van der Waals surface area contributed by atoms with Gasteiger partial charge in [-0.15, -0.1) is 0 Å². The van der Waals surface area contributed by atoms with Crippen molar-refractivity contribution in [2.24, 2.45) is 11.7 Å². The van der Waals surface area contributed by atoms with Crippen molar-refractivity contribution in [1.29, 1.82) is 0 Å². The van der Waals surface area contributed by atoms with Gasteiger partial charge in [0.25, 0.3) is 5.89 Å². The molecule has 0 unspecified atom stereocenters. The summed E-state index contributed by atoms with van der Waals surface area (Å²) in [6, 6.07) is 10.8. The van der Waals surface area contributed by atoms with E-state index in [2.05, 4.69) is 20.3 Å². The molecule has 0 bridgehead atoms. The highest BCUT2D eigenvalue weighted by Gasteiger charge is 2.45. The first-order valence-electron chi connectivity index (χ1n) is 18.9. The standard InChI is InChI=1S/C38H51N7O8S/c1-54(50,51)43-30(13-12-25-14-16-40-17-15-25)37(48)45-24-28(52-38(49)44-18-5-2-6-19-44)22-32(45)35(47)41-31(21-26-8-7-9-27(20-26)23-39)34(46)36-42-29-10-3-4-11-33(29)53-36/h3-4,7-11,20,25,28,30-32,40,43H,2,5-6,12-19,21-24,39H2,1H3,(H,41,47)/t28-,30-,31+,32+/m1/s1. The number of nitrogens with one attached hydrogen (secondary N) is 3. The number of oxazole rings is 1. The Morgan fingerprint density at radius 1 is 1.02 bits per heavy atom. The highest BCUT2D eigenvalue weighted by molar-refractivity contribution is 7.88. The largest absolute Gasteiger partial charge is 0.444 e. The van der Waals surface area contributed by atoms with Crippen LogP contribution in [-0.4, -0.2) is 110 Å². The van der Waals surface area contributed by atoms with E-state index in [1.54, 1.807) is 29.2 Å². The SMILES string of the molecule is CS(=O)(=O)N[C@H](CCC1CCNCC1)C(=O)N1C[C@H](OC(=O)N2CCCCC2)C[C@H]1C(=O)N[C@@H](Cc1cccc(CN)c1)C(=O)c1nc2ccccc2o1. The predicted molar refractivity (Wildman–Crippen MR) is 201 cm³/mol. The molecule has 1 aromatic heterocycles. The lowest BCUT2D eigenvalue weighted by Crippen LogP contribution is -2.55. The monoisotopic (exact) mass is 765 g/mol. The molecule has 3 aliphatic heterocycles. The first-order valence-corrected chi connectivity index (χ1v) is 20.8. The van der Waals surface area contributed by atoms with E-state index in [-0.39, 0.29) is 38.2 Å². The van der Waals surface area contributed by atoms with E-state index in [9.17, 15) is 27.6 Å². The second-order valence-corrected chi connectivity index (χ2v) is 16.4. The molecule has 3 aromatic rings. The molecule has 292 valence electrons. The van der Waals surface area contributed by atoms with Crippen LogP contribution < -0.4 is 21.1 Å². The van der Waals surface area contributed by atoms with Crippen LogP contribution in [0.4, 0.5) is 4.79 Å². The Balaban J connectivity index is 1.27. The van der Waals surface area contributed by atoms with Crippen LogP contribution >= 0.6 is 0 Å². The van der Waals surface area contributed by atoms with Gasteiger partial charge in [-0.2, -0.15) is 0 Å². The van der Waals surface area contributed by atoms with Crippen molar-refractivity contribution in [2.45, 2.75) is 88.6 Å². The molecule has 2 aromatic carbocycles. The Morgan fingerprint density at radius 2 is 1.76 bits per heavy atom. The average molecular weight is 766 g/mol. The van der Waals surface area contributed by atoms with Gasteiger partial charge in [0.15, 0.2) is 5.58 Å². The van der Waals surface area contributed by atoms with Crippen LogP contribution in [0.25, 0.3) is 11.1 Å². The topological polar surface area (TPSA) is 206 Å². The molecule has 0 spiro atoms. The molecule has 4 heterocycles. The molecule has 3 saturated heterocycles. The van der Waals surface area contributed by atoms with E-state index in [1.807, 2.05) is 24.3 Å². The van der Waals surface area contributed by atoms with Crippen molar-refractivity contribution in [3.05, 3.63) is 65.5 Å². The van der Waals surface area contributed by atoms with Gasteiger partial charge >= 0.3 is 6.09 Å². The number of para-hydroxylation sites is 2. The van der Waals surface area contributed by atoms with Crippen molar-refractivity contribution < 1.29 is 36.7 Å². The summed E-state index contributed by atoms with van der Waals surface area (Å²) < 4.78 is 39.3. The summed E-state index contributed by atoms with van der Waals surface area (Å²) in [5, 5.41) is 6.19. The molecule has 0 saturated carbocycles. The third kappa shape index (κ3) is 10.2. The van der Waals surface area contributed by atoms with Crippen molar-refractivity contribution >= 4 is 44.8 Å². The number of carbonyl (C=O) groups is 4. The number of sulfonamides is 1. The fourth-order valence-electron chi connectivity index (χ4n) is 7.66. The second kappa shape index (κ2) is 17.8. The van der Waals surface area contributed by atoms with E-state index in [4.69, 9.17) is 14.9 Å². The maximum absolute atomic E-state index is 14.4. The van der Waals surface area contributed by atoms with Gasteiger partial charge in [-0.25, -0.2) is 22.9 Å². The van der Waals surface area contributed by atoms with Crippen molar-refractivity contribution in [3.8, 4) is 0 Å². The molecule has 54 heavy (non-hydrogen) atoms. The van der Waals surface area contributed by atoms with Crippen LogP contribution in [-0.2, 0) is 37.3 Å². The number of carbonyl (C=O) groups excluding carboxylic acids is 4. The maximum atomic E-state index is 14.4. The molecule has 0 aliphatic carbocycles. The maximum Gasteiger partial charge on any atom is 0.410 e. The van der Waals surface area contributed by atoms with E-state index >= 15 is 0 Å². The molecule has 6 rings (SSSR count). The number of Topliss-reactive ketones (excluding diaryl/α,β-unsaturated/α-hetero) is 1. The number of hydrogen-bond acceptors (Lipinski definition) is 11. The van der Waals surface area contributed by atoms with Gasteiger partial charge in [0, 0.05) is 32.5 Å². The number of piperidine rings is 2. The highest BCUT2D eigenvalue weighted by Crippen LogP contribution is 2.27. The Bertz CT molecular complexity index is 1870. The number of nitrogens with zero attached hydrogens (tertiary/aromatic N) is 3. The number of ether oxygens (including phenoxy) is 1. The number of likely N-dealkylation sites (tertiary alicyclic amines) is 2. The van der Waals surface area contributed by atoms with E-state index in [1.165, 1.54) is 4.90 Å². The quantitative estimate of drug-likeness (QED) is 0.176. The highest BCUT2D eigenvalue weighted by atomic mass is 32.2. The molecule has 15 nitrogen and oxygen atoms in total. The first-order chi connectivity index (χ1) is 26.0. The van der Waals surface area contributed by atoms with Crippen LogP contribution in [0, 0.1) is 5.92 Å². The van der Waals surface area contributed by atoms with Crippen molar-refractivity contribution in [2.75, 3.05) is 39.0 Å². The van der Waals surface area contributed by atoms with E-state index in [0.717, 1.165) is 62.6 Å². The van der Waals surface area contributed by atoms with Crippen LogP contribution in [0.1, 0.15) is 73.2 Å². The number of rotatable bonds is 14. The number of aromatic nitrogens is 1. The van der Waals surface area contributed by atoms with Crippen LogP contribution in [0.5, 0.6) is 0 Å². The number of nitrogens with two attached hydrogens (primary N) is 1. The molecule has 3 fully saturated rings. The minimum Gasteiger partial charge on any atom is -0.444 e. The fraction of sp³-hybridized carbons (Fsp3) is 0.553. The Labute approximate surface area is 315 Å². The molecule has 3 amide bonds. The van der Waals surface area contributed by atoms with Crippen molar-refractivity contribution in [1.82, 2.24) is 30.1 Å². The summed E-state index contributed by atoms with van der Waals surface area (Å²) in [4.78, 5) is 63.4. The molecule has 5 N–H and O–H groups in total. The zero-order valence-corrected chi connectivity index (χ0v) is 31.5. The lowest BCUT2D eigenvalue weighted by atomic mass is 9.91. The minimum absolute atomic E-state index is 0.0382. The Hall–Kier alpha value is -4.38. The van der Waals surface area contributed by atoms with Crippen LogP contribution in [0.3, 0.4) is 0 Å². The smallest absolute Gasteiger partial charge is 0.410 e. The number of ketones is 1. The average Bonchev–Trinajstić information content (AvgIpc) is 3.81. The lowest BCUT2D eigenvalue weighted by Gasteiger charge is -2.30. The predicted octanol–water partition coefficient (Wildman–Crippen LogP) is 2.49. The summed E-state index contributed by atoms with van der Waals surface area (Å²) >= 11 is 0. The number of hydrogen-bond donors (Lipinski definition) is 4. The number of benzene rings is 2. The van der Waals surface area contributed by atoms with Gasteiger partial charge in [0.2, 0.25) is 27.6 Å². The Kier molecular flexibility index (Phi) is 13.0. The molecule has 4 atom stereocenters. The second-order valence-electron chi connectivity index (χ2n) is 14.6. The van der Waals surface area contributed by atoms with Gasteiger partial charge in [0.1, 0.15) is 29.7 Å². The van der Waals surface area contributed by atoms with E-state index < -0.39 is 57.9 Å². The zero-order valence-electron chi connectivity index (χ0n) is 30.7. The zero-order chi connectivity index (χ0) is 38.2. The summed E-state index contributed by atoms with van der Waals surface area (Å²) in [6.07, 6.45) is 5.06. The molecule has 3 aliphatic rings. The third-order valence-corrected chi connectivity index (χ3v) is 11.2. The summed E-state index contributed by atoms with van der Waals surface area (Å²) in [5.41, 5.74) is 8.36. The van der Waals surface area contributed by atoms with Gasteiger partial charge in [0.05, 0.1) is 12.8 Å². The van der Waals surface area contributed by atoms with Crippen LogP contribution in [0.2, 0.25) is 0 Å². The number of amides is 3. The van der Waals surface area contributed by atoms with E-state index in [0.29, 0.717) is 36.5 Å². The van der Waals surface area contributed by atoms with Crippen molar-refractivity contribution in [3.63, 3.8) is 0 Å². The molecular weight excluding hydrogens is 715 g/mol. The normalized spacial score (nSPS) is 20.8. The third-order valence-electron chi connectivity index (χ3n) is 10.5. The van der Waals surface area contributed by atoms with Gasteiger partial charge in [-0.05, 0) is 87.2 Å². The first kappa shape index (κ1) is 39.3. The van der Waals surface area contributed by atoms with Gasteiger partial charge in [-0.1, -0.05) is 36.4 Å². The summed E-state index contributed by atoms with van der Waals surface area (Å²) in [5.74, 6) is -1.68. The molecular formula is C38H51N7O8S. The minimum atomic E-state index is -3.82. The summed E-state index contributed by atoms with van der Waals surface area (Å²) in [7, 11) is -3.82. The van der Waals surface area contributed by atoms with Gasteiger partial charge < -0.3 is 35.3 Å². The van der Waals surface area contributed by atoms with Crippen LogP contribution in [0.15, 0.2) is 52.9 Å². The lowest BCUT2D eigenvalue weighted by molar-refractivity contribution is -0.140. The molecule has 0 radical (unpaired) electrons. The van der Waals surface area contributed by atoms with Gasteiger partial charge in [-0.3, -0.25) is 14.4 Å².